The molecule has 0 aliphatic carbocycles. The summed E-state index contributed by atoms with van der Waals surface area (Å²) in [5.41, 5.74) is 1.23. The van der Waals surface area contributed by atoms with Crippen LogP contribution in [-0.2, 0) is 24.6 Å². The average molecular weight is 438 g/mol. The smallest absolute Gasteiger partial charge is 0.337 e. The molecule has 0 radical (unpaired) electrons. The molecule has 0 bridgehead atoms. The maximum Gasteiger partial charge on any atom is 0.337 e. The molecule has 0 N–H and O–H groups in total. The predicted molar refractivity (Wildman–Crippen MR) is 109 cm³/mol. The SMILES string of the molecule is COC(=O)c1ccc(S(=O)(=O)CC2CC(c3ccccc3)CN2S(C)(=O)=O)cc1. The van der Waals surface area contributed by atoms with Crippen LogP contribution in [0.4, 0.5) is 0 Å². The Balaban J connectivity index is 1.84. The van der Waals surface area contributed by atoms with E-state index in [0.717, 1.165) is 11.8 Å². The van der Waals surface area contributed by atoms with Gasteiger partial charge >= 0.3 is 5.97 Å². The van der Waals surface area contributed by atoms with Gasteiger partial charge in [-0.3, -0.25) is 0 Å². The average Bonchev–Trinajstić information content (AvgIpc) is 3.12. The van der Waals surface area contributed by atoms with Gasteiger partial charge in [-0.15, -0.1) is 0 Å². The molecule has 9 heteroatoms. The molecule has 2 unspecified atom stereocenters. The van der Waals surface area contributed by atoms with E-state index >= 15 is 0 Å². The maximum atomic E-state index is 12.9. The van der Waals surface area contributed by atoms with E-state index in [4.69, 9.17) is 0 Å². The molecule has 2 aromatic carbocycles. The van der Waals surface area contributed by atoms with Crippen LogP contribution in [-0.4, -0.2) is 58.8 Å². The molecular weight excluding hydrogens is 414 g/mol. The normalized spacial score (nSPS) is 20.5. The molecule has 1 fully saturated rings. The highest BCUT2D eigenvalue weighted by Gasteiger charge is 2.40. The Kier molecular flexibility index (Phi) is 6.11. The van der Waals surface area contributed by atoms with E-state index in [1.165, 1.54) is 35.7 Å². The van der Waals surface area contributed by atoms with Crippen molar-refractivity contribution in [2.45, 2.75) is 23.3 Å². The number of sulfone groups is 1. The first-order chi connectivity index (χ1) is 13.6. The van der Waals surface area contributed by atoms with Crippen LogP contribution in [0.2, 0.25) is 0 Å². The van der Waals surface area contributed by atoms with E-state index in [1.54, 1.807) is 0 Å². The highest BCUT2D eigenvalue weighted by atomic mass is 32.2. The number of hydrogen-bond acceptors (Lipinski definition) is 6. The van der Waals surface area contributed by atoms with Crippen LogP contribution < -0.4 is 0 Å². The van der Waals surface area contributed by atoms with Crippen molar-refractivity contribution >= 4 is 25.8 Å². The summed E-state index contributed by atoms with van der Waals surface area (Å²) < 4.78 is 56.3. The van der Waals surface area contributed by atoms with Gasteiger partial charge in [0.25, 0.3) is 0 Å². The minimum atomic E-state index is -3.75. The number of sulfonamides is 1. The third kappa shape index (κ3) is 4.85. The number of hydrogen-bond donors (Lipinski definition) is 0. The largest absolute Gasteiger partial charge is 0.465 e. The number of rotatable bonds is 6. The van der Waals surface area contributed by atoms with Gasteiger partial charge in [0.1, 0.15) is 0 Å². The van der Waals surface area contributed by atoms with Gasteiger partial charge < -0.3 is 4.74 Å². The number of methoxy groups -OCH3 is 1. The molecule has 3 rings (SSSR count). The fourth-order valence-electron chi connectivity index (χ4n) is 3.68. The lowest BCUT2D eigenvalue weighted by Crippen LogP contribution is -2.39. The van der Waals surface area contributed by atoms with Crippen molar-refractivity contribution in [3.63, 3.8) is 0 Å². The van der Waals surface area contributed by atoms with Gasteiger partial charge in [0, 0.05) is 12.6 Å². The van der Waals surface area contributed by atoms with Crippen LogP contribution >= 0.6 is 0 Å². The highest BCUT2D eigenvalue weighted by molar-refractivity contribution is 7.91. The van der Waals surface area contributed by atoms with Crippen LogP contribution in [0.1, 0.15) is 28.3 Å². The minimum Gasteiger partial charge on any atom is -0.465 e. The number of carbonyl (C=O) groups is 1. The molecule has 1 aliphatic rings. The second-order valence-corrected chi connectivity index (χ2v) is 11.1. The van der Waals surface area contributed by atoms with Crippen molar-refractivity contribution in [2.24, 2.45) is 0 Å². The van der Waals surface area contributed by atoms with Crippen molar-refractivity contribution in [1.82, 2.24) is 4.31 Å². The third-order valence-corrected chi connectivity index (χ3v) is 8.22. The first-order valence-electron chi connectivity index (χ1n) is 9.04. The Hall–Kier alpha value is -2.23. The molecule has 1 aliphatic heterocycles. The molecular formula is C20H23NO6S2. The first kappa shape index (κ1) is 21.5. The molecule has 156 valence electrons. The summed E-state index contributed by atoms with van der Waals surface area (Å²) in [5.74, 6) is -0.937. The summed E-state index contributed by atoms with van der Waals surface area (Å²) in [6.45, 7) is 0.254. The number of carbonyl (C=O) groups excluding carboxylic acids is 1. The zero-order valence-corrected chi connectivity index (χ0v) is 17.8. The van der Waals surface area contributed by atoms with Crippen LogP contribution in [0.15, 0.2) is 59.5 Å². The first-order valence-corrected chi connectivity index (χ1v) is 12.5. The molecule has 0 spiro atoms. The second kappa shape index (κ2) is 8.25. The molecule has 2 aromatic rings. The van der Waals surface area contributed by atoms with E-state index in [-0.39, 0.29) is 28.7 Å². The van der Waals surface area contributed by atoms with Gasteiger partial charge in [-0.2, -0.15) is 4.31 Å². The lowest BCUT2D eigenvalue weighted by Gasteiger charge is -2.21. The molecule has 7 nitrogen and oxygen atoms in total. The maximum absolute atomic E-state index is 12.9. The standard InChI is InChI=1S/C20H23NO6S2/c1-27-20(22)16-8-10-19(11-9-16)29(25,26)14-18-12-17(13-21(18)28(2,23)24)15-6-4-3-5-7-15/h3-11,17-18H,12-14H2,1-2H3. The zero-order chi connectivity index (χ0) is 21.2. The molecule has 1 heterocycles. The van der Waals surface area contributed by atoms with Crippen LogP contribution in [0.3, 0.4) is 0 Å². The van der Waals surface area contributed by atoms with Crippen molar-refractivity contribution in [2.75, 3.05) is 25.7 Å². The van der Waals surface area contributed by atoms with Gasteiger partial charge in [0.2, 0.25) is 10.0 Å². The van der Waals surface area contributed by atoms with Gasteiger partial charge in [-0.1, -0.05) is 30.3 Å². The lowest BCUT2D eigenvalue weighted by atomic mass is 9.97. The molecule has 1 saturated heterocycles. The van der Waals surface area contributed by atoms with Crippen molar-refractivity contribution < 1.29 is 26.4 Å². The molecule has 0 saturated carbocycles. The number of benzene rings is 2. The monoisotopic (exact) mass is 437 g/mol. The number of esters is 1. The van der Waals surface area contributed by atoms with Crippen LogP contribution in [0.5, 0.6) is 0 Å². The molecule has 29 heavy (non-hydrogen) atoms. The van der Waals surface area contributed by atoms with Crippen molar-refractivity contribution in [3.8, 4) is 0 Å². The van der Waals surface area contributed by atoms with E-state index in [9.17, 15) is 21.6 Å². The van der Waals surface area contributed by atoms with E-state index in [2.05, 4.69) is 4.74 Å². The molecule has 0 amide bonds. The topological polar surface area (TPSA) is 97.8 Å². The fourth-order valence-corrected chi connectivity index (χ4v) is 6.49. The summed E-state index contributed by atoms with van der Waals surface area (Å²) >= 11 is 0. The Morgan fingerprint density at radius 1 is 1.03 bits per heavy atom. The van der Waals surface area contributed by atoms with Crippen molar-refractivity contribution in [3.05, 3.63) is 65.7 Å². The van der Waals surface area contributed by atoms with Gasteiger partial charge in [0.15, 0.2) is 9.84 Å². The van der Waals surface area contributed by atoms with Gasteiger partial charge in [-0.05, 0) is 42.2 Å². The van der Waals surface area contributed by atoms with Gasteiger partial charge in [-0.25, -0.2) is 21.6 Å². The summed E-state index contributed by atoms with van der Waals surface area (Å²) in [6.07, 6.45) is 1.53. The lowest BCUT2D eigenvalue weighted by molar-refractivity contribution is 0.0600. The van der Waals surface area contributed by atoms with Crippen molar-refractivity contribution in [1.29, 1.82) is 0 Å². The van der Waals surface area contributed by atoms with E-state index in [1.807, 2.05) is 30.3 Å². The minimum absolute atomic E-state index is 0.0433. The fraction of sp³-hybridized carbons (Fsp3) is 0.350. The summed E-state index contributed by atoms with van der Waals surface area (Å²) in [6, 6.07) is 14.3. The third-order valence-electron chi connectivity index (χ3n) is 5.11. The highest BCUT2D eigenvalue weighted by Crippen LogP contribution is 2.34. The number of ether oxygens (including phenoxy) is 1. The second-order valence-electron chi connectivity index (χ2n) is 7.13. The summed E-state index contributed by atoms with van der Waals surface area (Å²) in [5, 5.41) is 0. The quantitative estimate of drug-likeness (QED) is 0.642. The van der Waals surface area contributed by atoms with E-state index in [0.29, 0.717) is 6.42 Å². The Morgan fingerprint density at radius 2 is 1.66 bits per heavy atom. The zero-order valence-electron chi connectivity index (χ0n) is 16.2. The Labute approximate surface area is 171 Å². The van der Waals surface area contributed by atoms with Crippen LogP contribution in [0.25, 0.3) is 0 Å². The molecule has 2 atom stereocenters. The number of nitrogens with zero attached hydrogens (tertiary/aromatic N) is 1. The summed E-state index contributed by atoms with van der Waals surface area (Å²) in [7, 11) is -6.06. The Morgan fingerprint density at radius 3 is 2.21 bits per heavy atom. The summed E-state index contributed by atoms with van der Waals surface area (Å²) in [4.78, 5) is 11.6. The molecule has 0 aromatic heterocycles. The predicted octanol–water partition coefficient (Wildman–Crippen LogP) is 2.06. The Bertz CT molecular complexity index is 1080. The van der Waals surface area contributed by atoms with E-state index < -0.39 is 31.9 Å². The van der Waals surface area contributed by atoms with Gasteiger partial charge in [0.05, 0.1) is 29.6 Å². The van der Waals surface area contributed by atoms with Crippen LogP contribution in [0, 0.1) is 0 Å².